The smallest absolute Gasteiger partial charge is 0.295 e. The minimum atomic E-state index is -0.239. The van der Waals surface area contributed by atoms with E-state index in [4.69, 9.17) is 0 Å². The second kappa shape index (κ2) is 3.45. The Balaban J connectivity index is 2.27. The predicted octanol–water partition coefficient (Wildman–Crippen LogP) is 0.0251. The molecule has 14 heavy (non-hydrogen) atoms. The molecule has 0 spiro atoms. The standard InChI is InChI=1S/C9H10N4O/c1-12-6-8(5-11-12)7-13-4-2-3-10-9(13)14/h2-6H,7H2,1H3. The van der Waals surface area contributed by atoms with Gasteiger partial charge in [0.1, 0.15) is 0 Å². The van der Waals surface area contributed by atoms with E-state index in [1.165, 1.54) is 10.8 Å². The molecule has 0 N–H and O–H groups in total. The SMILES string of the molecule is Cn1cc(Cn2cccnc2=O)cn1. The van der Waals surface area contributed by atoms with Gasteiger partial charge in [0.25, 0.3) is 0 Å². The molecule has 0 radical (unpaired) electrons. The summed E-state index contributed by atoms with van der Waals surface area (Å²) in [6.07, 6.45) is 6.81. The average Bonchev–Trinajstić information content (AvgIpc) is 2.56. The van der Waals surface area contributed by atoms with E-state index in [1.54, 1.807) is 23.1 Å². The van der Waals surface area contributed by atoms with Gasteiger partial charge in [-0.15, -0.1) is 0 Å². The first-order valence-electron chi connectivity index (χ1n) is 4.25. The van der Waals surface area contributed by atoms with Crippen LogP contribution in [0.15, 0.2) is 35.6 Å². The molecule has 0 atom stereocenters. The molecule has 0 aliphatic heterocycles. The van der Waals surface area contributed by atoms with Crippen LogP contribution in [0.3, 0.4) is 0 Å². The number of hydrogen-bond donors (Lipinski definition) is 0. The van der Waals surface area contributed by atoms with E-state index in [0.29, 0.717) is 6.54 Å². The lowest BCUT2D eigenvalue weighted by Gasteiger charge is -2.00. The van der Waals surface area contributed by atoms with Crippen molar-refractivity contribution in [3.8, 4) is 0 Å². The van der Waals surface area contributed by atoms with Crippen molar-refractivity contribution in [3.63, 3.8) is 0 Å². The summed E-state index contributed by atoms with van der Waals surface area (Å²) >= 11 is 0. The van der Waals surface area contributed by atoms with Crippen molar-refractivity contribution in [2.75, 3.05) is 0 Å². The summed E-state index contributed by atoms with van der Waals surface area (Å²) < 4.78 is 3.24. The van der Waals surface area contributed by atoms with Crippen molar-refractivity contribution < 1.29 is 0 Å². The van der Waals surface area contributed by atoms with Gasteiger partial charge in [0.05, 0.1) is 12.7 Å². The van der Waals surface area contributed by atoms with Gasteiger partial charge in [-0.2, -0.15) is 5.10 Å². The molecular weight excluding hydrogens is 180 g/mol. The zero-order valence-corrected chi connectivity index (χ0v) is 7.79. The number of aryl methyl sites for hydroxylation is 1. The third kappa shape index (κ3) is 1.71. The summed E-state index contributed by atoms with van der Waals surface area (Å²) in [7, 11) is 1.84. The largest absolute Gasteiger partial charge is 0.347 e. The van der Waals surface area contributed by atoms with Gasteiger partial charge in [-0.1, -0.05) is 0 Å². The Morgan fingerprint density at radius 1 is 1.50 bits per heavy atom. The molecule has 0 bridgehead atoms. The fourth-order valence-corrected chi connectivity index (χ4v) is 1.26. The van der Waals surface area contributed by atoms with Gasteiger partial charge in [-0.25, -0.2) is 9.78 Å². The Morgan fingerprint density at radius 2 is 2.36 bits per heavy atom. The molecule has 2 aromatic heterocycles. The summed E-state index contributed by atoms with van der Waals surface area (Å²) in [6.45, 7) is 0.514. The molecule has 0 amide bonds. The molecule has 0 aliphatic carbocycles. The lowest BCUT2D eigenvalue weighted by atomic mass is 10.3. The second-order valence-corrected chi connectivity index (χ2v) is 3.05. The van der Waals surface area contributed by atoms with E-state index in [-0.39, 0.29) is 5.69 Å². The third-order valence-corrected chi connectivity index (χ3v) is 1.89. The van der Waals surface area contributed by atoms with Crippen molar-refractivity contribution in [1.29, 1.82) is 0 Å². The topological polar surface area (TPSA) is 52.7 Å². The van der Waals surface area contributed by atoms with Crippen LogP contribution in [-0.2, 0) is 13.6 Å². The van der Waals surface area contributed by atoms with E-state index in [0.717, 1.165) is 5.56 Å². The average molecular weight is 190 g/mol. The molecule has 72 valence electrons. The van der Waals surface area contributed by atoms with Crippen molar-refractivity contribution in [2.45, 2.75) is 6.54 Å². The highest BCUT2D eigenvalue weighted by atomic mass is 16.1. The van der Waals surface area contributed by atoms with E-state index >= 15 is 0 Å². The molecule has 2 rings (SSSR count). The zero-order valence-electron chi connectivity index (χ0n) is 7.79. The first-order valence-corrected chi connectivity index (χ1v) is 4.25. The van der Waals surface area contributed by atoms with Crippen LogP contribution < -0.4 is 5.69 Å². The normalized spacial score (nSPS) is 10.4. The number of rotatable bonds is 2. The molecule has 5 nitrogen and oxygen atoms in total. The number of nitrogens with zero attached hydrogens (tertiary/aromatic N) is 4. The van der Waals surface area contributed by atoms with Crippen LogP contribution in [0, 0.1) is 0 Å². The number of hydrogen-bond acceptors (Lipinski definition) is 3. The molecular formula is C9H10N4O. The summed E-state index contributed by atoms with van der Waals surface area (Å²) in [4.78, 5) is 14.9. The maximum absolute atomic E-state index is 11.3. The second-order valence-electron chi connectivity index (χ2n) is 3.05. The molecule has 2 aromatic rings. The highest BCUT2D eigenvalue weighted by Crippen LogP contribution is 1.97. The van der Waals surface area contributed by atoms with Gasteiger partial charge in [-0.05, 0) is 6.07 Å². The van der Waals surface area contributed by atoms with Crippen LogP contribution >= 0.6 is 0 Å². The van der Waals surface area contributed by atoms with Crippen molar-refractivity contribution in [3.05, 3.63) is 46.9 Å². The van der Waals surface area contributed by atoms with Crippen molar-refractivity contribution >= 4 is 0 Å². The van der Waals surface area contributed by atoms with Gasteiger partial charge < -0.3 is 0 Å². The first kappa shape index (κ1) is 8.68. The molecule has 0 unspecified atom stereocenters. The summed E-state index contributed by atoms with van der Waals surface area (Å²) in [6, 6.07) is 1.73. The van der Waals surface area contributed by atoms with Crippen LogP contribution in [0.2, 0.25) is 0 Å². The van der Waals surface area contributed by atoms with Crippen LogP contribution in [0.5, 0.6) is 0 Å². The molecule has 0 saturated heterocycles. The number of aromatic nitrogens is 4. The lowest BCUT2D eigenvalue weighted by Crippen LogP contribution is -2.21. The van der Waals surface area contributed by atoms with Crippen LogP contribution in [0.25, 0.3) is 0 Å². The molecule has 0 aromatic carbocycles. The maximum Gasteiger partial charge on any atom is 0.347 e. The van der Waals surface area contributed by atoms with Crippen molar-refractivity contribution in [1.82, 2.24) is 19.3 Å². The van der Waals surface area contributed by atoms with Crippen LogP contribution in [0.4, 0.5) is 0 Å². The molecule has 0 fully saturated rings. The van der Waals surface area contributed by atoms with Gasteiger partial charge in [-0.3, -0.25) is 9.25 Å². The van der Waals surface area contributed by atoms with Gasteiger partial charge in [0, 0.05) is 31.2 Å². The predicted molar refractivity (Wildman–Crippen MR) is 50.8 cm³/mol. The molecule has 2 heterocycles. The van der Waals surface area contributed by atoms with Gasteiger partial charge in [0.2, 0.25) is 0 Å². The molecule has 5 heteroatoms. The zero-order chi connectivity index (χ0) is 9.97. The minimum absolute atomic E-state index is 0.239. The lowest BCUT2D eigenvalue weighted by molar-refractivity contribution is 0.723. The van der Waals surface area contributed by atoms with E-state index in [2.05, 4.69) is 10.1 Å². The van der Waals surface area contributed by atoms with Crippen LogP contribution in [0.1, 0.15) is 5.56 Å². The Morgan fingerprint density at radius 3 is 3.00 bits per heavy atom. The Hall–Kier alpha value is -1.91. The highest BCUT2D eigenvalue weighted by molar-refractivity contribution is 5.04. The van der Waals surface area contributed by atoms with Crippen molar-refractivity contribution in [2.24, 2.45) is 7.05 Å². The van der Waals surface area contributed by atoms with E-state index < -0.39 is 0 Å². The Labute approximate surface area is 80.6 Å². The first-order chi connectivity index (χ1) is 6.75. The fourth-order valence-electron chi connectivity index (χ4n) is 1.26. The summed E-state index contributed by atoms with van der Waals surface area (Å²) in [5.74, 6) is 0. The quantitative estimate of drug-likeness (QED) is 0.671. The third-order valence-electron chi connectivity index (χ3n) is 1.89. The van der Waals surface area contributed by atoms with Gasteiger partial charge in [0.15, 0.2) is 0 Å². The Bertz CT molecular complexity index is 485. The summed E-state index contributed by atoms with van der Waals surface area (Å²) in [5, 5.41) is 4.02. The minimum Gasteiger partial charge on any atom is -0.295 e. The Kier molecular flexibility index (Phi) is 2.14. The molecule has 0 aliphatic rings. The van der Waals surface area contributed by atoms with E-state index in [9.17, 15) is 4.79 Å². The summed E-state index contributed by atoms with van der Waals surface area (Å²) in [5.41, 5.74) is 0.749. The van der Waals surface area contributed by atoms with Gasteiger partial charge >= 0.3 is 5.69 Å². The highest BCUT2D eigenvalue weighted by Gasteiger charge is 1.99. The fraction of sp³-hybridized carbons (Fsp3) is 0.222. The van der Waals surface area contributed by atoms with Crippen LogP contribution in [-0.4, -0.2) is 19.3 Å². The molecule has 0 saturated carbocycles. The monoisotopic (exact) mass is 190 g/mol. The van der Waals surface area contributed by atoms with E-state index in [1.807, 2.05) is 13.2 Å². The maximum atomic E-state index is 11.3.